The third-order valence-electron chi connectivity index (χ3n) is 3.97. The van der Waals surface area contributed by atoms with Gasteiger partial charge in [-0.05, 0) is 31.7 Å². The van der Waals surface area contributed by atoms with Crippen molar-refractivity contribution >= 4 is 17.4 Å². The van der Waals surface area contributed by atoms with Crippen molar-refractivity contribution in [3.05, 3.63) is 17.0 Å². The Balaban J connectivity index is 1.52. The molecule has 20 heavy (non-hydrogen) atoms. The van der Waals surface area contributed by atoms with E-state index >= 15 is 0 Å². The molecular weight excluding hydrogens is 276 g/mol. The van der Waals surface area contributed by atoms with Crippen molar-refractivity contribution in [1.82, 2.24) is 14.9 Å². The highest BCUT2D eigenvalue weighted by molar-refractivity contribution is 6.29. The second-order valence-electron chi connectivity index (χ2n) is 5.69. The Morgan fingerprint density at radius 1 is 1.40 bits per heavy atom. The molecule has 1 saturated carbocycles. The molecule has 1 N–H and O–H groups in total. The molecule has 1 saturated heterocycles. The lowest BCUT2D eigenvalue weighted by molar-refractivity contribution is 0.178. The van der Waals surface area contributed by atoms with E-state index in [-0.39, 0.29) is 0 Å². The first kappa shape index (κ1) is 14.0. The Hall–Kier alpha value is -0.910. The molecule has 110 valence electrons. The lowest BCUT2D eigenvalue weighted by Gasteiger charge is -2.15. The molecule has 0 bridgehead atoms. The van der Waals surface area contributed by atoms with Gasteiger partial charge in [-0.15, -0.1) is 0 Å². The van der Waals surface area contributed by atoms with Gasteiger partial charge < -0.3 is 15.0 Å². The summed E-state index contributed by atoms with van der Waals surface area (Å²) in [7, 11) is 1.63. The summed E-state index contributed by atoms with van der Waals surface area (Å²) < 4.78 is 5.05. The molecule has 1 atom stereocenters. The maximum absolute atomic E-state index is 6.00. The van der Waals surface area contributed by atoms with Gasteiger partial charge in [-0.1, -0.05) is 11.6 Å². The molecule has 1 aliphatic carbocycles. The molecular formula is C14H21ClN4O. The van der Waals surface area contributed by atoms with Crippen molar-refractivity contribution in [2.45, 2.75) is 31.9 Å². The van der Waals surface area contributed by atoms with Crippen LogP contribution in [-0.4, -0.2) is 47.7 Å². The molecule has 1 unspecified atom stereocenters. The predicted octanol–water partition coefficient (Wildman–Crippen LogP) is 2.17. The smallest absolute Gasteiger partial charge is 0.158 e. The van der Waals surface area contributed by atoms with E-state index < -0.39 is 0 Å². The van der Waals surface area contributed by atoms with Gasteiger partial charge >= 0.3 is 0 Å². The second kappa shape index (κ2) is 6.24. The van der Waals surface area contributed by atoms with E-state index in [0.717, 1.165) is 18.4 Å². The number of likely N-dealkylation sites (tertiary alicyclic amines) is 1. The van der Waals surface area contributed by atoms with Crippen LogP contribution in [0.25, 0.3) is 0 Å². The average Bonchev–Trinajstić information content (AvgIpc) is 3.16. The van der Waals surface area contributed by atoms with Crippen LogP contribution >= 0.6 is 11.6 Å². The first-order chi connectivity index (χ1) is 9.74. The van der Waals surface area contributed by atoms with Crippen molar-refractivity contribution in [2.75, 3.05) is 32.1 Å². The van der Waals surface area contributed by atoms with E-state index in [2.05, 4.69) is 20.2 Å². The first-order valence-electron chi connectivity index (χ1n) is 7.25. The van der Waals surface area contributed by atoms with Crippen molar-refractivity contribution in [3.8, 4) is 0 Å². The van der Waals surface area contributed by atoms with E-state index in [1.165, 1.54) is 32.4 Å². The van der Waals surface area contributed by atoms with Crippen molar-refractivity contribution in [1.29, 1.82) is 0 Å². The lowest BCUT2D eigenvalue weighted by atomic mass is 10.1. The number of methoxy groups -OCH3 is 1. The fourth-order valence-electron chi connectivity index (χ4n) is 2.80. The Bertz CT molecular complexity index is 466. The molecule has 5 nitrogen and oxygen atoms in total. The maximum Gasteiger partial charge on any atom is 0.158 e. The van der Waals surface area contributed by atoms with Crippen LogP contribution in [0.2, 0.25) is 5.15 Å². The summed E-state index contributed by atoms with van der Waals surface area (Å²) in [5.41, 5.74) is 0. The third kappa shape index (κ3) is 3.59. The van der Waals surface area contributed by atoms with Crippen molar-refractivity contribution < 1.29 is 4.74 Å². The molecule has 0 amide bonds. The number of aromatic nitrogens is 2. The molecule has 1 aromatic rings. The number of nitrogens with one attached hydrogen (secondary N) is 1. The molecule has 0 spiro atoms. The van der Waals surface area contributed by atoms with E-state index in [9.17, 15) is 0 Å². The number of rotatable bonds is 6. The summed E-state index contributed by atoms with van der Waals surface area (Å²) in [6, 6.07) is 2.65. The van der Waals surface area contributed by atoms with Gasteiger partial charge in [0.2, 0.25) is 0 Å². The molecule has 6 heteroatoms. The Labute approximate surface area is 124 Å². The topological polar surface area (TPSA) is 50.3 Å². The number of nitrogens with zero attached hydrogens (tertiary/aromatic N) is 3. The Morgan fingerprint density at radius 2 is 2.25 bits per heavy atom. The zero-order valence-electron chi connectivity index (χ0n) is 11.8. The van der Waals surface area contributed by atoms with E-state index in [1.807, 2.05) is 0 Å². The lowest BCUT2D eigenvalue weighted by Crippen LogP contribution is -2.25. The van der Waals surface area contributed by atoms with Crippen LogP contribution < -0.4 is 5.32 Å². The zero-order chi connectivity index (χ0) is 13.9. The summed E-state index contributed by atoms with van der Waals surface area (Å²) >= 11 is 6.00. The van der Waals surface area contributed by atoms with Gasteiger partial charge in [0.1, 0.15) is 17.6 Å². The summed E-state index contributed by atoms with van der Waals surface area (Å²) in [5.74, 6) is 2.12. The first-order valence-corrected chi connectivity index (χ1v) is 7.62. The minimum absolute atomic E-state index is 0.383. The van der Waals surface area contributed by atoms with Crippen molar-refractivity contribution in [2.24, 2.45) is 5.92 Å². The van der Waals surface area contributed by atoms with Gasteiger partial charge in [-0.2, -0.15) is 0 Å². The highest BCUT2D eigenvalue weighted by atomic mass is 35.5. The molecule has 0 radical (unpaired) electrons. The van der Waals surface area contributed by atoms with Crippen LogP contribution in [0.3, 0.4) is 0 Å². The van der Waals surface area contributed by atoms with Crippen LogP contribution in [0.15, 0.2) is 6.07 Å². The number of halogens is 1. The highest BCUT2D eigenvalue weighted by Gasteiger charge is 2.34. The van der Waals surface area contributed by atoms with Gasteiger partial charge in [-0.3, -0.25) is 0 Å². The second-order valence-corrected chi connectivity index (χ2v) is 6.07. The van der Waals surface area contributed by atoms with Gasteiger partial charge in [0.15, 0.2) is 5.82 Å². The van der Waals surface area contributed by atoms with Crippen LogP contribution in [0.4, 0.5) is 5.82 Å². The monoisotopic (exact) mass is 296 g/mol. The van der Waals surface area contributed by atoms with E-state index in [0.29, 0.717) is 23.5 Å². The van der Waals surface area contributed by atoms with Crippen LogP contribution in [0, 0.1) is 5.92 Å². The van der Waals surface area contributed by atoms with Crippen LogP contribution in [0.5, 0.6) is 0 Å². The normalized spacial score (nSPS) is 23.2. The summed E-state index contributed by atoms with van der Waals surface area (Å²) in [4.78, 5) is 11.2. The predicted molar refractivity (Wildman–Crippen MR) is 78.9 cm³/mol. The van der Waals surface area contributed by atoms with Gasteiger partial charge in [0.05, 0.1) is 0 Å². The molecule has 0 aromatic carbocycles. The van der Waals surface area contributed by atoms with Gasteiger partial charge in [-0.25, -0.2) is 9.97 Å². The largest absolute Gasteiger partial charge is 0.377 e. The standard InChI is InChI=1S/C14H21ClN4O/c1-20-9-14-17-12(15)6-13(18-14)16-7-10-4-5-19(8-10)11-2-3-11/h6,10-11H,2-5,7-9H2,1H3,(H,16,17,18). The molecule has 2 heterocycles. The van der Waals surface area contributed by atoms with Crippen molar-refractivity contribution in [3.63, 3.8) is 0 Å². The van der Waals surface area contributed by atoms with E-state index in [1.54, 1.807) is 13.2 Å². The van der Waals surface area contributed by atoms with E-state index in [4.69, 9.17) is 16.3 Å². The summed E-state index contributed by atoms with van der Waals surface area (Å²) in [6.07, 6.45) is 4.05. The average molecular weight is 297 g/mol. The van der Waals surface area contributed by atoms with Crippen LogP contribution in [-0.2, 0) is 11.3 Å². The number of anilines is 1. The maximum atomic E-state index is 6.00. The Morgan fingerprint density at radius 3 is 3.00 bits per heavy atom. The zero-order valence-corrected chi connectivity index (χ0v) is 12.6. The highest BCUT2D eigenvalue weighted by Crippen LogP contribution is 2.31. The van der Waals surface area contributed by atoms with Gasteiger partial charge in [0.25, 0.3) is 0 Å². The summed E-state index contributed by atoms with van der Waals surface area (Å²) in [6.45, 7) is 3.79. The molecule has 3 rings (SSSR count). The van der Waals surface area contributed by atoms with Gasteiger partial charge in [0, 0.05) is 32.3 Å². The fourth-order valence-corrected chi connectivity index (χ4v) is 3.00. The quantitative estimate of drug-likeness (QED) is 0.816. The number of ether oxygens (including phenoxy) is 1. The third-order valence-corrected chi connectivity index (χ3v) is 4.16. The minimum atomic E-state index is 0.383. The SMILES string of the molecule is COCc1nc(Cl)cc(NCC2CCN(C3CC3)C2)n1. The minimum Gasteiger partial charge on any atom is -0.377 e. The molecule has 1 aliphatic heterocycles. The van der Waals surface area contributed by atoms with Crippen LogP contribution in [0.1, 0.15) is 25.1 Å². The molecule has 1 aromatic heterocycles. The Kier molecular flexibility index (Phi) is 4.38. The number of hydrogen-bond acceptors (Lipinski definition) is 5. The fraction of sp³-hybridized carbons (Fsp3) is 0.714. The number of hydrogen-bond donors (Lipinski definition) is 1. The summed E-state index contributed by atoms with van der Waals surface area (Å²) in [5, 5.41) is 3.85. The molecule has 2 fully saturated rings. The molecule has 2 aliphatic rings.